The molecule has 0 fully saturated rings. The van der Waals surface area contributed by atoms with Gasteiger partial charge in [-0.1, -0.05) is 44.0 Å². The van der Waals surface area contributed by atoms with E-state index in [4.69, 9.17) is 16.3 Å². The normalized spacial score (nSPS) is 16.3. The number of nitrogens with zero attached hydrogens (tertiary/aromatic N) is 1. The van der Waals surface area contributed by atoms with E-state index >= 15 is 0 Å². The zero-order chi connectivity index (χ0) is 22.1. The third-order valence-electron chi connectivity index (χ3n) is 5.10. The average Bonchev–Trinajstić information content (AvgIpc) is 2.74. The maximum atomic E-state index is 10.5. The van der Waals surface area contributed by atoms with Crippen LogP contribution in [0.25, 0.3) is 0 Å². The summed E-state index contributed by atoms with van der Waals surface area (Å²) in [6.45, 7) is 8.26. The fraction of sp³-hybridized carbons (Fsp3) is 0.458. The fourth-order valence-corrected chi connectivity index (χ4v) is 3.28. The van der Waals surface area contributed by atoms with Gasteiger partial charge in [0.2, 0.25) is 0 Å². The number of nitrogens with one attached hydrogen (secondary N) is 2. The molecule has 0 amide bonds. The van der Waals surface area contributed by atoms with Crippen LogP contribution in [0.5, 0.6) is 5.75 Å². The minimum atomic E-state index is -0.784. The van der Waals surface area contributed by atoms with Crippen molar-refractivity contribution < 1.29 is 9.84 Å². The van der Waals surface area contributed by atoms with Crippen molar-refractivity contribution in [1.82, 2.24) is 5.32 Å². The highest BCUT2D eigenvalue weighted by Crippen LogP contribution is 2.29. The highest BCUT2D eigenvalue weighted by Gasteiger charge is 2.17. The number of ether oxygens (including phenoxy) is 1. The fourth-order valence-electron chi connectivity index (χ4n) is 3.11. The molecule has 0 saturated heterocycles. The summed E-state index contributed by atoms with van der Waals surface area (Å²) >= 11 is 6.45. The molecule has 1 aliphatic carbocycles. The van der Waals surface area contributed by atoms with Crippen molar-refractivity contribution in [1.29, 1.82) is 0 Å². The van der Waals surface area contributed by atoms with E-state index in [1.807, 2.05) is 19.1 Å². The Labute approximate surface area is 185 Å². The number of hydrogen-bond donors (Lipinski definition) is 3. The first-order valence-corrected chi connectivity index (χ1v) is 11.0. The molecule has 2 rings (SSSR count). The van der Waals surface area contributed by atoms with Crippen molar-refractivity contribution in [3.05, 3.63) is 57.9 Å². The molecular weight excluding hydrogens is 398 g/mol. The van der Waals surface area contributed by atoms with Crippen molar-refractivity contribution in [3.63, 3.8) is 0 Å². The number of allylic oxidation sites excluding steroid dienone is 4. The standard InChI is InChI=1S/C24H34ClN3O2/c1-6-10-22(29)28-24(27-20-12-9-8-11-17(20)4)23(16(3)7-2)26-21-15-18(30-5)13-14-19(21)25/h11-15,22,26,29H,6-10H2,1-5H3,(H,27,28). The monoisotopic (exact) mass is 431 g/mol. The van der Waals surface area contributed by atoms with E-state index in [0.29, 0.717) is 23.0 Å². The lowest BCUT2D eigenvalue weighted by Gasteiger charge is -2.23. The second-order valence-electron chi connectivity index (χ2n) is 7.43. The smallest absolute Gasteiger partial charge is 0.152 e. The molecule has 0 saturated carbocycles. The van der Waals surface area contributed by atoms with Gasteiger partial charge in [0.25, 0.3) is 0 Å². The number of aliphatic hydroxyl groups excluding tert-OH is 1. The number of aliphatic imine (C=N–C) groups is 1. The van der Waals surface area contributed by atoms with Crippen LogP contribution in [0.15, 0.2) is 57.9 Å². The molecule has 30 heavy (non-hydrogen) atoms. The maximum absolute atomic E-state index is 10.5. The minimum Gasteiger partial charge on any atom is -0.497 e. The summed E-state index contributed by atoms with van der Waals surface area (Å²) < 4.78 is 5.35. The summed E-state index contributed by atoms with van der Waals surface area (Å²) in [5.41, 5.74) is 4.82. The molecule has 1 aromatic rings. The van der Waals surface area contributed by atoms with Crippen molar-refractivity contribution >= 4 is 23.1 Å². The van der Waals surface area contributed by atoms with E-state index in [9.17, 15) is 5.11 Å². The van der Waals surface area contributed by atoms with Crippen LogP contribution >= 0.6 is 11.6 Å². The van der Waals surface area contributed by atoms with Crippen LogP contribution in [0.1, 0.15) is 59.8 Å². The Bertz CT molecular complexity index is 856. The highest BCUT2D eigenvalue weighted by molar-refractivity contribution is 6.33. The molecule has 0 spiro atoms. The lowest BCUT2D eigenvalue weighted by Crippen LogP contribution is -2.31. The largest absolute Gasteiger partial charge is 0.497 e. The number of benzene rings is 1. The second-order valence-corrected chi connectivity index (χ2v) is 7.84. The van der Waals surface area contributed by atoms with Crippen LogP contribution in [0, 0.1) is 0 Å². The molecule has 164 valence electrons. The topological polar surface area (TPSA) is 65.9 Å². The van der Waals surface area contributed by atoms with E-state index in [1.54, 1.807) is 13.2 Å². The molecule has 5 nitrogen and oxygen atoms in total. The summed E-state index contributed by atoms with van der Waals surface area (Å²) in [4.78, 5) is 4.63. The SMILES string of the molecule is CCCC(O)/N=C(/NC1=CCCC=C1C)C(Nc1cc(OC)ccc1Cl)=C(C)CC. The van der Waals surface area contributed by atoms with Gasteiger partial charge < -0.3 is 20.5 Å². The first-order valence-electron chi connectivity index (χ1n) is 10.6. The summed E-state index contributed by atoms with van der Waals surface area (Å²) in [6, 6.07) is 5.48. The Morgan fingerprint density at radius 1 is 1.23 bits per heavy atom. The van der Waals surface area contributed by atoms with Gasteiger partial charge in [0.05, 0.1) is 23.5 Å². The number of amidine groups is 1. The van der Waals surface area contributed by atoms with Crippen LogP contribution < -0.4 is 15.4 Å². The van der Waals surface area contributed by atoms with Crippen molar-refractivity contribution in [2.24, 2.45) is 4.99 Å². The molecule has 3 N–H and O–H groups in total. The van der Waals surface area contributed by atoms with Gasteiger partial charge in [-0.15, -0.1) is 0 Å². The van der Waals surface area contributed by atoms with Gasteiger partial charge >= 0.3 is 0 Å². The van der Waals surface area contributed by atoms with E-state index in [0.717, 1.165) is 48.3 Å². The predicted octanol–water partition coefficient (Wildman–Crippen LogP) is 6.18. The van der Waals surface area contributed by atoms with Crippen LogP contribution in [-0.4, -0.2) is 24.3 Å². The number of halogens is 1. The number of aliphatic hydroxyl groups is 1. The van der Waals surface area contributed by atoms with Gasteiger partial charge in [-0.05, 0) is 62.8 Å². The molecule has 0 bridgehead atoms. The van der Waals surface area contributed by atoms with Crippen LogP contribution in [0.4, 0.5) is 5.69 Å². The van der Waals surface area contributed by atoms with Gasteiger partial charge in [-0.25, -0.2) is 4.99 Å². The van der Waals surface area contributed by atoms with Gasteiger partial charge in [0, 0.05) is 11.8 Å². The van der Waals surface area contributed by atoms with Crippen LogP contribution in [0.3, 0.4) is 0 Å². The second kappa shape index (κ2) is 11.8. The zero-order valence-electron chi connectivity index (χ0n) is 18.7. The van der Waals surface area contributed by atoms with E-state index in [1.165, 1.54) is 5.57 Å². The van der Waals surface area contributed by atoms with Crippen molar-refractivity contribution in [2.45, 2.75) is 66.0 Å². The molecular formula is C24H34ClN3O2. The minimum absolute atomic E-state index is 0.582. The Balaban J connectivity index is 2.49. The average molecular weight is 432 g/mol. The number of anilines is 1. The molecule has 1 unspecified atom stereocenters. The molecule has 1 atom stereocenters. The maximum Gasteiger partial charge on any atom is 0.152 e. The van der Waals surface area contributed by atoms with Crippen LogP contribution in [-0.2, 0) is 0 Å². The molecule has 1 aromatic carbocycles. The first-order chi connectivity index (χ1) is 14.4. The van der Waals surface area contributed by atoms with E-state index in [2.05, 4.69) is 48.5 Å². The zero-order valence-corrected chi connectivity index (χ0v) is 19.4. The van der Waals surface area contributed by atoms with Gasteiger partial charge in [0.15, 0.2) is 5.84 Å². The molecule has 0 radical (unpaired) electrons. The van der Waals surface area contributed by atoms with Gasteiger partial charge in [-0.3, -0.25) is 0 Å². The Morgan fingerprint density at radius 3 is 2.60 bits per heavy atom. The van der Waals surface area contributed by atoms with E-state index < -0.39 is 6.23 Å². The van der Waals surface area contributed by atoms with Gasteiger partial charge in [0.1, 0.15) is 12.0 Å². The summed E-state index contributed by atoms with van der Waals surface area (Å²) in [7, 11) is 1.63. The summed E-state index contributed by atoms with van der Waals surface area (Å²) in [6.07, 6.45) is 7.88. The molecule has 0 aliphatic heterocycles. The Morgan fingerprint density at radius 2 is 1.97 bits per heavy atom. The third kappa shape index (κ3) is 6.64. The Kier molecular flexibility index (Phi) is 9.47. The van der Waals surface area contributed by atoms with E-state index in [-0.39, 0.29) is 0 Å². The number of methoxy groups -OCH3 is 1. The molecule has 0 aromatic heterocycles. The molecule has 0 heterocycles. The van der Waals surface area contributed by atoms with Crippen LogP contribution in [0.2, 0.25) is 5.02 Å². The molecule has 1 aliphatic rings. The first kappa shape index (κ1) is 24.0. The highest BCUT2D eigenvalue weighted by atomic mass is 35.5. The lowest BCUT2D eigenvalue weighted by molar-refractivity contribution is 0.173. The quantitative estimate of drug-likeness (QED) is 0.323. The molecule has 6 heteroatoms. The summed E-state index contributed by atoms with van der Waals surface area (Å²) in [5, 5.41) is 18.0. The third-order valence-corrected chi connectivity index (χ3v) is 5.43. The number of rotatable bonds is 9. The number of hydrogen-bond acceptors (Lipinski definition) is 4. The summed E-state index contributed by atoms with van der Waals surface area (Å²) in [5.74, 6) is 1.32. The van der Waals surface area contributed by atoms with Crippen molar-refractivity contribution in [2.75, 3.05) is 12.4 Å². The lowest BCUT2D eigenvalue weighted by atomic mass is 10.0. The predicted molar refractivity (Wildman–Crippen MR) is 127 cm³/mol. The van der Waals surface area contributed by atoms with Crippen molar-refractivity contribution in [3.8, 4) is 5.75 Å². The Hall–Kier alpha value is -2.24. The van der Waals surface area contributed by atoms with Gasteiger partial charge in [-0.2, -0.15) is 0 Å².